The Bertz CT molecular complexity index is 299. The van der Waals surface area contributed by atoms with Crippen LogP contribution in [0.4, 0.5) is 0 Å². The summed E-state index contributed by atoms with van der Waals surface area (Å²) in [6, 6.07) is 2.07. The fourth-order valence-corrected chi connectivity index (χ4v) is 1.54. The lowest BCUT2D eigenvalue weighted by molar-refractivity contribution is 0.382. The molecule has 0 radical (unpaired) electrons. The highest BCUT2D eigenvalue weighted by atomic mass is 35.5. The van der Waals surface area contributed by atoms with E-state index in [4.69, 9.17) is 23.2 Å². The quantitative estimate of drug-likeness (QED) is 0.758. The number of aromatic nitrogens is 2. The van der Waals surface area contributed by atoms with E-state index in [-0.39, 0.29) is 0 Å². The van der Waals surface area contributed by atoms with Crippen molar-refractivity contribution >= 4 is 23.2 Å². The zero-order valence-electron chi connectivity index (χ0n) is 6.22. The van der Waals surface area contributed by atoms with Gasteiger partial charge in [0, 0.05) is 11.6 Å². The summed E-state index contributed by atoms with van der Waals surface area (Å²) in [6.45, 7) is 1.03. The predicted molar refractivity (Wildman–Crippen MR) is 47.4 cm³/mol. The van der Waals surface area contributed by atoms with E-state index in [1.807, 2.05) is 0 Å². The molecule has 0 aromatic carbocycles. The van der Waals surface area contributed by atoms with Gasteiger partial charge in [0.15, 0.2) is 10.3 Å². The molecule has 0 bridgehead atoms. The molecule has 1 aromatic heterocycles. The highest BCUT2D eigenvalue weighted by Gasteiger charge is 2.22. The Balaban J connectivity index is 2.34. The maximum Gasteiger partial charge on any atom is 0.156 e. The van der Waals surface area contributed by atoms with E-state index in [1.54, 1.807) is 6.07 Å². The minimum Gasteiger partial charge on any atom is -0.310 e. The average molecular weight is 204 g/mol. The Labute approximate surface area is 80.1 Å². The SMILES string of the molecule is Clc1cc(C2CCN2)c(Cl)nn1. The maximum absolute atomic E-state index is 5.83. The molecule has 1 saturated heterocycles. The van der Waals surface area contributed by atoms with Crippen LogP contribution in [0.5, 0.6) is 0 Å². The van der Waals surface area contributed by atoms with Gasteiger partial charge in [0.25, 0.3) is 0 Å². The zero-order chi connectivity index (χ0) is 8.55. The van der Waals surface area contributed by atoms with Crippen LogP contribution in [0.3, 0.4) is 0 Å². The second kappa shape index (κ2) is 3.17. The Morgan fingerprint density at radius 1 is 1.42 bits per heavy atom. The van der Waals surface area contributed by atoms with Gasteiger partial charge in [0.05, 0.1) is 0 Å². The van der Waals surface area contributed by atoms with Gasteiger partial charge in [-0.1, -0.05) is 23.2 Å². The summed E-state index contributed by atoms with van der Waals surface area (Å²) in [7, 11) is 0. The number of nitrogens with one attached hydrogen (secondary N) is 1. The summed E-state index contributed by atoms with van der Waals surface area (Å²) in [5.41, 5.74) is 0.947. The third-order valence-corrected chi connectivity index (χ3v) is 2.42. The third-order valence-electron chi connectivity index (χ3n) is 1.95. The number of rotatable bonds is 1. The first kappa shape index (κ1) is 8.23. The molecule has 0 saturated carbocycles. The molecule has 0 spiro atoms. The Morgan fingerprint density at radius 3 is 2.75 bits per heavy atom. The maximum atomic E-state index is 5.83. The van der Waals surface area contributed by atoms with E-state index in [0.717, 1.165) is 18.5 Å². The van der Waals surface area contributed by atoms with Crippen molar-refractivity contribution in [3.05, 3.63) is 21.9 Å². The molecule has 12 heavy (non-hydrogen) atoms. The van der Waals surface area contributed by atoms with Crippen molar-refractivity contribution in [2.24, 2.45) is 0 Å². The first-order valence-electron chi connectivity index (χ1n) is 3.69. The van der Waals surface area contributed by atoms with Crippen LogP contribution in [0, 0.1) is 0 Å². The minimum absolute atomic E-state index is 0.311. The molecule has 1 unspecified atom stereocenters. The molecule has 2 heterocycles. The van der Waals surface area contributed by atoms with E-state index in [9.17, 15) is 0 Å². The van der Waals surface area contributed by atoms with Crippen molar-refractivity contribution in [3.63, 3.8) is 0 Å². The fourth-order valence-electron chi connectivity index (χ4n) is 1.16. The normalized spacial score (nSPS) is 22.0. The number of nitrogens with zero attached hydrogens (tertiary/aromatic N) is 2. The molecule has 1 N–H and O–H groups in total. The van der Waals surface area contributed by atoms with Crippen LogP contribution in [-0.4, -0.2) is 16.7 Å². The summed E-state index contributed by atoms with van der Waals surface area (Å²) in [5.74, 6) is 0. The smallest absolute Gasteiger partial charge is 0.156 e. The fraction of sp³-hybridized carbons (Fsp3) is 0.429. The first-order valence-corrected chi connectivity index (χ1v) is 4.45. The predicted octanol–water partition coefficient (Wildman–Crippen LogP) is 1.82. The zero-order valence-corrected chi connectivity index (χ0v) is 7.73. The molecule has 64 valence electrons. The molecule has 2 rings (SSSR count). The van der Waals surface area contributed by atoms with E-state index in [2.05, 4.69) is 15.5 Å². The molecule has 1 aliphatic rings. The molecule has 1 aromatic rings. The first-order chi connectivity index (χ1) is 5.77. The van der Waals surface area contributed by atoms with Gasteiger partial charge >= 0.3 is 0 Å². The van der Waals surface area contributed by atoms with Crippen molar-refractivity contribution in [3.8, 4) is 0 Å². The molecule has 0 amide bonds. The molecule has 5 heteroatoms. The van der Waals surface area contributed by atoms with Gasteiger partial charge in [-0.3, -0.25) is 0 Å². The van der Waals surface area contributed by atoms with Crippen LogP contribution in [-0.2, 0) is 0 Å². The van der Waals surface area contributed by atoms with Crippen molar-refractivity contribution in [1.29, 1.82) is 0 Å². The molecule has 1 aliphatic heterocycles. The number of hydrogen-bond acceptors (Lipinski definition) is 3. The van der Waals surface area contributed by atoms with Crippen LogP contribution in [0.1, 0.15) is 18.0 Å². The van der Waals surface area contributed by atoms with Gasteiger partial charge < -0.3 is 5.32 Å². The van der Waals surface area contributed by atoms with Crippen LogP contribution < -0.4 is 5.32 Å². The molecule has 1 atom stereocenters. The van der Waals surface area contributed by atoms with E-state index < -0.39 is 0 Å². The molecule has 3 nitrogen and oxygen atoms in total. The monoisotopic (exact) mass is 203 g/mol. The average Bonchev–Trinajstić information content (AvgIpc) is 1.93. The van der Waals surface area contributed by atoms with Gasteiger partial charge in [-0.2, -0.15) is 0 Å². The standard InChI is InChI=1S/C7H7Cl2N3/c8-6-3-4(5-1-2-10-5)7(9)12-11-6/h3,5,10H,1-2H2. The molecular weight excluding hydrogens is 197 g/mol. The van der Waals surface area contributed by atoms with Gasteiger partial charge in [-0.15, -0.1) is 10.2 Å². The molecule has 0 aliphatic carbocycles. The molecule has 1 fully saturated rings. The third kappa shape index (κ3) is 1.40. The highest BCUT2D eigenvalue weighted by molar-refractivity contribution is 6.31. The van der Waals surface area contributed by atoms with E-state index in [0.29, 0.717) is 16.3 Å². The van der Waals surface area contributed by atoms with Crippen molar-refractivity contribution in [2.45, 2.75) is 12.5 Å². The van der Waals surface area contributed by atoms with Crippen molar-refractivity contribution in [1.82, 2.24) is 15.5 Å². The topological polar surface area (TPSA) is 37.8 Å². The van der Waals surface area contributed by atoms with Crippen LogP contribution in [0.2, 0.25) is 10.3 Å². The lowest BCUT2D eigenvalue weighted by Crippen LogP contribution is -2.35. The van der Waals surface area contributed by atoms with Crippen molar-refractivity contribution < 1.29 is 0 Å². The van der Waals surface area contributed by atoms with E-state index >= 15 is 0 Å². The van der Waals surface area contributed by atoms with Crippen LogP contribution in [0.15, 0.2) is 6.07 Å². The van der Waals surface area contributed by atoms with Crippen molar-refractivity contribution in [2.75, 3.05) is 6.54 Å². The van der Waals surface area contributed by atoms with Gasteiger partial charge in [-0.25, -0.2) is 0 Å². The van der Waals surface area contributed by atoms with Gasteiger partial charge in [-0.05, 0) is 19.0 Å². The number of halogens is 2. The Hall–Kier alpha value is -0.380. The summed E-state index contributed by atoms with van der Waals surface area (Å²) in [6.07, 6.45) is 1.09. The highest BCUT2D eigenvalue weighted by Crippen LogP contribution is 2.28. The Kier molecular flexibility index (Phi) is 2.17. The largest absolute Gasteiger partial charge is 0.310 e. The van der Waals surface area contributed by atoms with Gasteiger partial charge in [0.1, 0.15) is 0 Å². The summed E-state index contributed by atoms with van der Waals surface area (Å²) in [5, 5.41) is 11.4. The summed E-state index contributed by atoms with van der Waals surface area (Å²) < 4.78 is 0. The second-order valence-corrected chi connectivity index (χ2v) is 3.45. The lowest BCUT2D eigenvalue weighted by atomic mass is 10.0. The molecular formula is C7H7Cl2N3. The Morgan fingerprint density at radius 2 is 2.17 bits per heavy atom. The number of hydrogen-bond donors (Lipinski definition) is 1. The summed E-state index contributed by atoms with van der Waals surface area (Å²) in [4.78, 5) is 0. The second-order valence-electron chi connectivity index (χ2n) is 2.71. The van der Waals surface area contributed by atoms with Gasteiger partial charge in [0.2, 0.25) is 0 Å². The van der Waals surface area contributed by atoms with Crippen LogP contribution >= 0.6 is 23.2 Å². The minimum atomic E-state index is 0.311. The van der Waals surface area contributed by atoms with Crippen LogP contribution in [0.25, 0.3) is 0 Å². The summed E-state index contributed by atoms with van der Waals surface area (Å²) >= 11 is 11.5. The lowest BCUT2D eigenvalue weighted by Gasteiger charge is -2.28. The van der Waals surface area contributed by atoms with E-state index in [1.165, 1.54) is 0 Å².